The Morgan fingerprint density at radius 2 is 1.79 bits per heavy atom. The minimum Gasteiger partial charge on any atom is -0.480 e. The molecule has 0 aromatic rings. The van der Waals surface area contributed by atoms with Crippen molar-refractivity contribution in [2.24, 2.45) is 0 Å². The number of hydrogen-bond donors (Lipinski definition) is 1. The predicted octanol–water partition coefficient (Wildman–Crippen LogP) is 0.0642. The highest BCUT2D eigenvalue weighted by molar-refractivity contribution is 7.80. The first-order valence-electron chi connectivity index (χ1n) is 4.63. The number of hydrogen-bond acceptors (Lipinski definition) is 2. The Balaban J connectivity index is 2.69. The number of nitrogens with zero attached hydrogens (tertiary/aromatic N) is 2. The van der Waals surface area contributed by atoms with Gasteiger partial charge in [-0.15, -0.1) is 0 Å². The minimum absolute atomic E-state index is 0.182. The summed E-state index contributed by atoms with van der Waals surface area (Å²) in [6.45, 7) is 6.68. The molecule has 1 saturated heterocycles. The van der Waals surface area contributed by atoms with Gasteiger partial charge in [0.1, 0.15) is 6.04 Å². The van der Waals surface area contributed by atoms with E-state index in [1.54, 1.807) is 11.2 Å². The molecule has 0 aromatic carbocycles. The van der Waals surface area contributed by atoms with Crippen LogP contribution in [0.25, 0.3) is 0 Å². The Morgan fingerprint density at radius 3 is 2.14 bits per heavy atom. The van der Waals surface area contributed by atoms with E-state index in [-0.39, 0.29) is 6.04 Å². The smallest absolute Gasteiger partial charge is 0.321 e. The van der Waals surface area contributed by atoms with Crippen molar-refractivity contribution in [3.8, 4) is 0 Å². The summed E-state index contributed by atoms with van der Waals surface area (Å²) in [5.74, 6) is -0.927. The quantitative estimate of drug-likeness (QED) is 0.732. The molecule has 0 spiro atoms. The maximum absolute atomic E-state index is 11.8. The van der Waals surface area contributed by atoms with E-state index in [0.717, 1.165) is 0 Å². The molecule has 14 heavy (non-hydrogen) atoms. The minimum atomic E-state index is -1.29. The summed E-state index contributed by atoms with van der Waals surface area (Å²) in [5.41, 5.74) is 0. The van der Waals surface area contributed by atoms with Crippen LogP contribution in [0.4, 0.5) is 0 Å². The Bertz CT molecular complexity index is 257. The summed E-state index contributed by atoms with van der Waals surface area (Å²) in [6, 6.07) is -0.499. The van der Waals surface area contributed by atoms with Crippen molar-refractivity contribution in [1.29, 1.82) is 0 Å². The average Bonchev–Trinajstić information content (AvgIpc) is 2.45. The molecule has 82 valence electrons. The van der Waals surface area contributed by atoms with Gasteiger partial charge in [-0.25, -0.2) is 8.51 Å². The highest BCUT2D eigenvalue weighted by atomic mass is 32.2. The molecule has 1 aliphatic rings. The summed E-state index contributed by atoms with van der Waals surface area (Å²) in [4.78, 5) is 10.7. The molecule has 6 heteroatoms. The van der Waals surface area contributed by atoms with Gasteiger partial charge < -0.3 is 5.11 Å². The van der Waals surface area contributed by atoms with Crippen LogP contribution >= 0.6 is 0 Å². The molecular weight excluding hydrogens is 204 g/mol. The van der Waals surface area contributed by atoms with Crippen LogP contribution in [0.15, 0.2) is 0 Å². The van der Waals surface area contributed by atoms with Gasteiger partial charge in [-0.05, 0) is 20.8 Å². The van der Waals surface area contributed by atoms with Crippen molar-refractivity contribution in [2.75, 3.05) is 13.1 Å². The third-order valence-electron chi connectivity index (χ3n) is 2.31. The van der Waals surface area contributed by atoms with Gasteiger partial charge in [-0.1, -0.05) is 0 Å². The lowest BCUT2D eigenvalue weighted by Crippen LogP contribution is -2.40. The zero-order valence-corrected chi connectivity index (χ0v) is 9.45. The van der Waals surface area contributed by atoms with Gasteiger partial charge >= 0.3 is 5.97 Å². The Morgan fingerprint density at radius 1 is 1.29 bits per heavy atom. The number of carbonyl (C=O) groups is 1. The highest BCUT2D eigenvalue weighted by Gasteiger charge is 2.36. The van der Waals surface area contributed by atoms with Crippen LogP contribution < -0.4 is 0 Å². The van der Waals surface area contributed by atoms with Crippen molar-refractivity contribution in [2.45, 2.75) is 32.9 Å². The third-order valence-corrected chi connectivity index (χ3v) is 4.21. The second kappa shape index (κ2) is 4.37. The molecule has 1 aliphatic heterocycles. The maximum Gasteiger partial charge on any atom is 0.321 e. The predicted molar refractivity (Wildman–Crippen MR) is 53.8 cm³/mol. The standard InChI is InChI=1S/C8H16N2O3S/c1-6(2)9-4-5-10(14(9)13)7(3)8(11)12/h6-7H,4-5H2,1-3H3,(H,11,12). The zero-order valence-electron chi connectivity index (χ0n) is 8.64. The second-order valence-corrected chi connectivity index (χ2v) is 5.02. The maximum atomic E-state index is 11.8. The van der Waals surface area contributed by atoms with Crippen molar-refractivity contribution in [3.05, 3.63) is 0 Å². The molecule has 0 amide bonds. The van der Waals surface area contributed by atoms with Crippen molar-refractivity contribution >= 4 is 17.1 Å². The molecule has 5 nitrogen and oxygen atoms in total. The van der Waals surface area contributed by atoms with E-state index in [1.165, 1.54) is 4.31 Å². The fourth-order valence-corrected chi connectivity index (χ4v) is 2.85. The lowest BCUT2D eigenvalue weighted by Gasteiger charge is -2.21. The van der Waals surface area contributed by atoms with E-state index >= 15 is 0 Å². The Kier molecular flexibility index (Phi) is 3.63. The van der Waals surface area contributed by atoms with Gasteiger partial charge in [0.05, 0.1) is 0 Å². The molecule has 2 unspecified atom stereocenters. The molecule has 0 saturated carbocycles. The van der Waals surface area contributed by atoms with Crippen LogP contribution in [0.5, 0.6) is 0 Å². The molecule has 1 N–H and O–H groups in total. The van der Waals surface area contributed by atoms with E-state index in [4.69, 9.17) is 5.11 Å². The molecule has 1 rings (SSSR count). The monoisotopic (exact) mass is 220 g/mol. The molecule has 1 heterocycles. The summed E-state index contributed by atoms with van der Waals surface area (Å²) < 4.78 is 15.1. The average molecular weight is 220 g/mol. The molecule has 2 atom stereocenters. The number of carboxylic acids is 1. The van der Waals surface area contributed by atoms with Gasteiger partial charge in [0.2, 0.25) is 0 Å². The first kappa shape index (κ1) is 11.6. The molecule has 0 aromatic heterocycles. The lowest BCUT2D eigenvalue weighted by molar-refractivity contribution is -0.140. The highest BCUT2D eigenvalue weighted by Crippen LogP contribution is 2.17. The molecule has 0 bridgehead atoms. The fourth-order valence-electron chi connectivity index (χ4n) is 1.38. The topological polar surface area (TPSA) is 60.9 Å². The molecule has 0 aliphatic carbocycles. The number of rotatable bonds is 3. The normalized spacial score (nSPS) is 27.0. The van der Waals surface area contributed by atoms with Crippen LogP contribution in [-0.2, 0) is 16.0 Å². The summed E-state index contributed by atoms with van der Waals surface area (Å²) in [6.07, 6.45) is 0. The molecule has 0 radical (unpaired) electrons. The first-order chi connectivity index (χ1) is 6.45. The number of aliphatic carboxylic acids is 1. The Hall–Kier alpha value is -0.460. The largest absolute Gasteiger partial charge is 0.480 e. The SMILES string of the molecule is CC(C)N1CCN(C(C)C(=O)O)S1=O. The summed E-state index contributed by atoms with van der Waals surface area (Å²) >= 11 is -1.29. The van der Waals surface area contributed by atoms with Crippen molar-refractivity contribution in [1.82, 2.24) is 8.61 Å². The Labute approximate surface area is 86.4 Å². The van der Waals surface area contributed by atoms with Gasteiger partial charge in [-0.3, -0.25) is 4.79 Å². The number of carboxylic acid groups (broad SMARTS) is 1. The van der Waals surface area contributed by atoms with Crippen LogP contribution in [0.2, 0.25) is 0 Å². The molecule has 1 fully saturated rings. The van der Waals surface area contributed by atoms with Crippen LogP contribution in [-0.4, -0.2) is 49.1 Å². The fraction of sp³-hybridized carbons (Fsp3) is 0.875. The first-order valence-corrected chi connectivity index (χ1v) is 5.69. The molecular formula is C8H16N2O3S. The van der Waals surface area contributed by atoms with Gasteiger partial charge in [0.25, 0.3) is 0 Å². The third kappa shape index (κ3) is 2.13. The van der Waals surface area contributed by atoms with Crippen LogP contribution in [0, 0.1) is 0 Å². The summed E-state index contributed by atoms with van der Waals surface area (Å²) in [5, 5.41) is 8.79. The summed E-state index contributed by atoms with van der Waals surface area (Å²) in [7, 11) is 0. The van der Waals surface area contributed by atoms with E-state index < -0.39 is 23.2 Å². The van der Waals surface area contributed by atoms with E-state index in [2.05, 4.69) is 0 Å². The zero-order chi connectivity index (χ0) is 10.9. The van der Waals surface area contributed by atoms with Gasteiger partial charge in [0, 0.05) is 19.1 Å². The van der Waals surface area contributed by atoms with Gasteiger partial charge in [-0.2, -0.15) is 4.31 Å². The second-order valence-electron chi connectivity index (χ2n) is 3.62. The van der Waals surface area contributed by atoms with E-state index in [0.29, 0.717) is 13.1 Å². The van der Waals surface area contributed by atoms with E-state index in [1.807, 2.05) is 13.8 Å². The van der Waals surface area contributed by atoms with Crippen LogP contribution in [0.3, 0.4) is 0 Å². The van der Waals surface area contributed by atoms with E-state index in [9.17, 15) is 9.00 Å². The lowest BCUT2D eigenvalue weighted by atomic mass is 10.3. The van der Waals surface area contributed by atoms with Crippen LogP contribution in [0.1, 0.15) is 20.8 Å². The van der Waals surface area contributed by atoms with Crippen molar-refractivity contribution in [3.63, 3.8) is 0 Å². The van der Waals surface area contributed by atoms with Crippen molar-refractivity contribution < 1.29 is 14.1 Å². The van der Waals surface area contributed by atoms with Gasteiger partial charge in [0.15, 0.2) is 11.2 Å².